The first-order valence-electron chi connectivity index (χ1n) is 7.18. The quantitative estimate of drug-likeness (QED) is 0.769. The maximum Gasteiger partial charge on any atom is 0.0350 e. The number of nitrogen functional groups attached to an aromatic ring is 1. The molecule has 2 heteroatoms. The van der Waals surface area contributed by atoms with Gasteiger partial charge in [0.1, 0.15) is 0 Å². The van der Waals surface area contributed by atoms with Crippen LogP contribution in [-0.4, -0.2) is 17.5 Å². The number of fused-ring (bicyclic) bond motifs is 1. The SMILES string of the molecule is CC1(C)CCCC1N1CCc2c(N)cccc2C1. The van der Waals surface area contributed by atoms with Gasteiger partial charge in [-0.2, -0.15) is 0 Å². The second kappa shape index (κ2) is 4.27. The molecule has 1 fully saturated rings. The van der Waals surface area contributed by atoms with Gasteiger partial charge in [-0.3, -0.25) is 4.90 Å². The normalized spacial score (nSPS) is 27.1. The van der Waals surface area contributed by atoms with Crippen molar-refractivity contribution in [3.8, 4) is 0 Å². The molecule has 0 amide bonds. The summed E-state index contributed by atoms with van der Waals surface area (Å²) in [6.45, 7) is 7.13. The van der Waals surface area contributed by atoms with Crippen LogP contribution < -0.4 is 5.73 Å². The standard InChI is InChI=1S/C16H24N2/c1-16(2)9-4-7-15(16)18-10-8-13-12(11-18)5-3-6-14(13)17/h3,5-6,15H,4,7-11,17H2,1-2H3. The number of hydrogen-bond acceptors (Lipinski definition) is 2. The summed E-state index contributed by atoms with van der Waals surface area (Å²) < 4.78 is 0. The van der Waals surface area contributed by atoms with Gasteiger partial charge in [0.25, 0.3) is 0 Å². The van der Waals surface area contributed by atoms with Gasteiger partial charge < -0.3 is 5.73 Å². The molecule has 1 aliphatic carbocycles. The Morgan fingerprint density at radius 3 is 2.89 bits per heavy atom. The van der Waals surface area contributed by atoms with Crippen LogP contribution in [0.3, 0.4) is 0 Å². The Bertz CT molecular complexity index is 450. The van der Waals surface area contributed by atoms with E-state index in [1.54, 1.807) is 0 Å². The highest BCUT2D eigenvalue weighted by Crippen LogP contribution is 2.42. The molecule has 2 nitrogen and oxygen atoms in total. The van der Waals surface area contributed by atoms with Gasteiger partial charge in [-0.05, 0) is 41.9 Å². The minimum atomic E-state index is 0.484. The first-order valence-corrected chi connectivity index (χ1v) is 7.18. The van der Waals surface area contributed by atoms with Crippen molar-refractivity contribution in [3.63, 3.8) is 0 Å². The fraction of sp³-hybridized carbons (Fsp3) is 0.625. The molecule has 2 N–H and O–H groups in total. The number of nitrogens with zero attached hydrogens (tertiary/aromatic N) is 1. The van der Waals surface area contributed by atoms with E-state index in [1.807, 2.05) is 6.07 Å². The molecule has 98 valence electrons. The average molecular weight is 244 g/mol. The third-order valence-electron chi connectivity index (χ3n) is 4.97. The van der Waals surface area contributed by atoms with Crippen LogP contribution >= 0.6 is 0 Å². The molecule has 1 aliphatic heterocycles. The largest absolute Gasteiger partial charge is 0.398 e. The van der Waals surface area contributed by atoms with Crippen LogP contribution in [-0.2, 0) is 13.0 Å². The molecule has 1 saturated carbocycles. The van der Waals surface area contributed by atoms with Crippen LogP contribution in [0.1, 0.15) is 44.2 Å². The zero-order chi connectivity index (χ0) is 12.8. The van der Waals surface area contributed by atoms with Crippen molar-refractivity contribution in [3.05, 3.63) is 29.3 Å². The molecule has 1 aromatic rings. The Morgan fingerprint density at radius 1 is 1.33 bits per heavy atom. The molecule has 1 aromatic carbocycles. The van der Waals surface area contributed by atoms with Crippen molar-refractivity contribution in [2.75, 3.05) is 12.3 Å². The summed E-state index contributed by atoms with van der Waals surface area (Å²) in [5.74, 6) is 0. The van der Waals surface area contributed by atoms with Crippen molar-refractivity contribution in [1.82, 2.24) is 4.90 Å². The van der Waals surface area contributed by atoms with Gasteiger partial charge in [0.2, 0.25) is 0 Å². The summed E-state index contributed by atoms with van der Waals surface area (Å²) in [6.07, 6.45) is 5.25. The van der Waals surface area contributed by atoms with E-state index in [0.29, 0.717) is 5.41 Å². The van der Waals surface area contributed by atoms with E-state index in [4.69, 9.17) is 5.73 Å². The highest BCUT2D eigenvalue weighted by Gasteiger charge is 2.39. The van der Waals surface area contributed by atoms with Crippen LogP contribution in [0, 0.1) is 5.41 Å². The number of rotatable bonds is 1. The Balaban J connectivity index is 1.83. The van der Waals surface area contributed by atoms with E-state index in [0.717, 1.165) is 24.7 Å². The van der Waals surface area contributed by atoms with Crippen molar-refractivity contribution in [1.29, 1.82) is 0 Å². The Morgan fingerprint density at radius 2 is 2.17 bits per heavy atom. The van der Waals surface area contributed by atoms with Crippen molar-refractivity contribution >= 4 is 5.69 Å². The van der Waals surface area contributed by atoms with E-state index in [9.17, 15) is 0 Å². The van der Waals surface area contributed by atoms with Crippen molar-refractivity contribution in [2.45, 2.75) is 52.1 Å². The summed E-state index contributed by atoms with van der Waals surface area (Å²) in [5, 5.41) is 0. The van der Waals surface area contributed by atoms with Crippen LogP contribution in [0.15, 0.2) is 18.2 Å². The fourth-order valence-corrected chi connectivity index (χ4v) is 3.91. The van der Waals surface area contributed by atoms with Gasteiger partial charge in [-0.25, -0.2) is 0 Å². The summed E-state index contributed by atoms with van der Waals surface area (Å²) in [4.78, 5) is 2.69. The highest BCUT2D eigenvalue weighted by atomic mass is 15.2. The van der Waals surface area contributed by atoms with Gasteiger partial charge in [0.05, 0.1) is 0 Å². The Kier molecular flexibility index (Phi) is 2.86. The fourth-order valence-electron chi connectivity index (χ4n) is 3.91. The summed E-state index contributed by atoms with van der Waals surface area (Å²) in [5.41, 5.74) is 10.4. The average Bonchev–Trinajstić information content (AvgIpc) is 2.69. The lowest BCUT2D eigenvalue weighted by Crippen LogP contribution is -2.44. The Labute approximate surface area is 110 Å². The lowest BCUT2D eigenvalue weighted by atomic mass is 9.85. The lowest BCUT2D eigenvalue weighted by molar-refractivity contribution is 0.100. The number of nitrogens with two attached hydrogens (primary N) is 1. The van der Waals surface area contributed by atoms with Crippen LogP contribution in [0.4, 0.5) is 5.69 Å². The van der Waals surface area contributed by atoms with Crippen LogP contribution in [0.5, 0.6) is 0 Å². The summed E-state index contributed by atoms with van der Waals surface area (Å²) >= 11 is 0. The van der Waals surface area contributed by atoms with E-state index < -0.39 is 0 Å². The van der Waals surface area contributed by atoms with Gasteiger partial charge in [0.15, 0.2) is 0 Å². The van der Waals surface area contributed by atoms with Crippen LogP contribution in [0.2, 0.25) is 0 Å². The first kappa shape index (κ1) is 12.0. The highest BCUT2D eigenvalue weighted by molar-refractivity contribution is 5.51. The maximum atomic E-state index is 6.08. The first-order chi connectivity index (χ1) is 8.58. The van der Waals surface area contributed by atoms with E-state index in [2.05, 4.69) is 30.9 Å². The molecule has 1 heterocycles. The van der Waals surface area contributed by atoms with Gasteiger partial charge in [-0.15, -0.1) is 0 Å². The molecule has 18 heavy (non-hydrogen) atoms. The molecular weight excluding hydrogens is 220 g/mol. The smallest absolute Gasteiger partial charge is 0.0350 e. The van der Waals surface area contributed by atoms with E-state index in [1.165, 1.54) is 36.9 Å². The van der Waals surface area contributed by atoms with Crippen molar-refractivity contribution < 1.29 is 0 Å². The zero-order valence-electron chi connectivity index (χ0n) is 11.6. The lowest BCUT2D eigenvalue weighted by Gasteiger charge is -2.40. The zero-order valence-corrected chi connectivity index (χ0v) is 11.6. The minimum absolute atomic E-state index is 0.484. The minimum Gasteiger partial charge on any atom is -0.398 e. The molecule has 0 saturated heterocycles. The van der Waals surface area contributed by atoms with E-state index in [-0.39, 0.29) is 0 Å². The summed E-state index contributed by atoms with van der Waals surface area (Å²) in [7, 11) is 0. The molecule has 0 bridgehead atoms. The van der Waals surface area contributed by atoms with E-state index >= 15 is 0 Å². The molecule has 2 aliphatic rings. The second-order valence-corrected chi connectivity index (χ2v) is 6.60. The van der Waals surface area contributed by atoms with Crippen molar-refractivity contribution in [2.24, 2.45) is 5.41 Å². The predicted molar refractivity (Wildman–Crippen MR) is 76.4 cm³/mol. The molecule has 0 radical (unpaired) electrons. The third-order valence-corrected chi connectivity index (χ3v) is 4.97. The summed E-state index contributed by atoms with van der Waals surface area (Å²) in [6, 6.07) is 7.14. The van der Waals surface area contributed by atoms with Gasteiger partial charge >= 0.3 is 0 Å². The molecule has 0 spiro atoms. The monoisotopic (exact) mass is 244 g/mol. The topological polar surface area (TPSA) is 29.3 Å². The predicted octanol–water partition coefficient (Wildman–Crippen LogP) is 3.21. The molecule has 1 unspecified atom stereocenters. The van der Waals surface area contributed by atoms with Crippen LogP contribution in [0.25, 0.3) is 0 Å². The second-order valence-electron chi connectivity index (χ2n) is 6.60. The van der Waals surface area contributed by atoms with Gasteiger partial charge in [-0.1, -0.05) is 32.4 Å². The molecular formula is C16H24N2. The number of hydrogen-bond donors (Lipinski definition) is 1. The Hall–Kier alpha value is -1.02. The molecule has 3 rings (SSSR count). The number of anilines is 1. The number of benzene rings is 1. The third kappa shape index (κ3) is 1.93. The maximum absolute atomic E-state index is 6.08. The molecule has 1 atom stereocenters. The van der Waals surface area contributed by atoms with Gasteiger partial charge in [0, 0.05) is 24.8 Å². The molecule has 0 aromatic heterocycles.